The molecule has 0 aromatic rings. The molecule has 0 saturated heterocycles. The summed E-state index contributed by atoms with van der Waals surface area (Å²) in [6.45, 7) is 0. The molecular weight excluding hydrogens is 298 g/mol. The molecule has 0 heterocycles. The molecule has 0 spiro atoms. The summed E-state index contributed by atoms with van der Waals surface area (Å²) < 4.78 is 114. The maximum absolute atomic E-state index is 12.3. The van der Waals surface area contributed by atoms with Crippen LogP contribution in [0, 0.1) is 0 Å². The molecule has 0 fully saturated rings. The minimum atomic E-state index is -6.92. The van der Waals surface area contributed by atoms with E-state index >= 15 is 0 Å². The molecule has 0 aliphatic rings. The summed E-state index contributed by atoms with van der Waals surface area (Å²) in [6, 6.07) is 0. The third-order valence-corrected chi connectivity index (χ3v) is 3.36. The largest absolute Gasteiger partial charge is 0.452 e. The summed E-state index contributed by atoms with van der Waals surface area (Å²) >= 11 is 0. The molecule has 98 valence electrons. The van der Waals surface area contributed by atoms with Crippen LogP contribution in [-0.2, 0) is 29.0 Å². The molecule has 16 heavy (non-hydrogen) atoms. The van der Waals surface area contributed by atoms with Gasteiger partial charge in [0.05, 0.1) is 0 Å². The molecule has 0 N–H and O–H groups in total. The maximum atomic E-state index is 12.3. The second-order valence-corrected chi connectivity index (χ2v) is 5.16. The van der Waals surface area contributed by atoms with Crippen molar-refractivity contribution < 1.29 is 52.2 Å². The fourth-order valence-corrected chi connectivity index (χ4v) is 1.72. The van der Waals surface area contributed by atoms with Crippen LogP contribution in [0.25, 0.3) is 0 Å². The van der Waals surface area contributed by atoms with Crippen molar-refractivity contribution in [3.8, 4) is 0 Å². The Morgan fingerprint density at radius 3 is 1.00 bits per heavy atom. The monoisotopic (exact) mass is 298 g/mol. The Labute approximate surface area is 83.8 Å². The lowest BCUT2D eigenvalue weighted by atomic mass is 10.7. The highest BCUT2D eigenvalue weighted by atomic mass is 32.2. The van der Waals surface area contributed by atoms with Gasteiger partial charge >= 0.3 is 30.7 Å². The summed E-state index contributed by atoms with van der Waals surface area (Å²) in [5, 5.41) is -13.2. The van der Waals surface area contributed by atoms with Gasteiger partial charge in [-0.25, -0.2) is 0 Å². The van der Waals surface area contributed by atoms with Gasteiger partial charge in [0.15, 0.2) is 0 Å². The standard InChI is InChI=1S/C2F6O6S2/c3-1(4,15(9,10)13-7)2(5,6)16(11,12)14-8. The van der Waals surface area contributed by atoms with E-state index in [1.54, 1.807) is 0 Å². The van der Waals surface area contributed by atoms with Crippen LogP contribution < -0.4 is 0 Å². The first-order valence-corrected chi connectivity index (χ1v) is 5.54. The van der Waals surface area contributed by atoms with Gasteiger partial charge in [-0.3, -0.25) is 0 Å². The zero-order chi connectivity index (χ0) is 13.4. The molecule has 0 aliphatic carbocycles. The Balaban J connectivity index is 5.86. The van der Waals surface area contributed by atoms with Gasteiger partial charge < -0.3 is 0 Å². The molecule has 0 bridgehead atoms. The number of alkyl halides is 4. The highest BCUT2D eigenvalue weighted by Crippen LogP contribution is 2.44. The van der Waals surface area contributed by atoms with Crippen LogP contribution >= 0.6 is 0 Å². The predicted molar refractivity (Wildman–Crippen MR) is 32.1 cm³/mol. The summed E-state index contributed by atoms with van der Waals surface area (Å²) in [7, 11) is -13.8. The van der Waals surface area contributed by atoms with Crippen molar-refractivity contribution in [1.29, 1.82) is 0 Å². The molecule has 6 nitrogen and oxygen atoms in total. The lowest BCUT2D eigenvalue weighted by Crippen LogP contribution is -2.52. The third-order valence-electron chi connectivity index (χ3n) is 1.13. The van der Waals surface area contributed by atoms with E-state index in [0.29, 0.717) is 0 Å². The van der Waals surface area contributed by atoms with Crippen LogP contribution in [0.3, 0.4) is 0 Å². The molecule has 0 aromatic heterocycles. The van der Waals surface area contributed by atoms with Crippen molar-refractivity contribution in [3.63, 3.8) is 0 Å². The Morgan fingerprint density at radius 1 is 0.688 bits per heavy atom. The number of hydrogen-bond acceptors (Lipinski definition) is 6. The van der Waals surface area contributed by atoms with Crippen molar-refractivity contribution in [1.82, 2.24) is 0 Å². The predicted octanol–water partition coefficient (Wildman–Crippen LogP) is 0.634. The fraction of sp³-hybridized carbons (Fsp3) is 1.00. The summed E-state index contributed by atoms with van der Waals surface area (Å²) in [6.07, 6.45) is 0. The molecule has 0 rings (SSSR count). The number of hydrogen-bond donors (Lipinski definition) is 0. The highest BCUT2D eigenvalue weighted by molar-refractivity contribution is 7.92. The first kappa shape index (κ1) is 15.4. The van der Waals surface area contributed by atoms with E-state index in [4.69, 9.17) is 0 Å². The number of rotatable bonds is 5. The molecule has 0 saturated carbocycles. The van der Waals surface area contributed by atoms with Gasteiger partial charge in [-0.2, -0.15) is 34.4 Å². The van der Waals surface area contributed by atoms with E-state index in [-0.39, 0.29) is 0 Å². The van der Waals surface area contributed by atoms with Gasteiger partial charge in [-0.15, -0.1) is 0 Å². The van der Waals surface area contributed by atoms with Crippen molar-refractivity contribution >= 4 is 20.2 Å². The highest BCUT2D eigenvalue weighted by Gasteiger charge is 2.76. The smallest absolute Gasteiger partial charge is 0.190 e. The van der Waals surface area contributed by atoms with Crippen LogP contribution in [0.2, 0.25) is 0 Å². The fourth-order valence-electron chi connectivity index (χ4n) is 0.370. The van der Waals surface area contributed by atoms with E-state index < -0.39 is 30.7 Å². The Morgan fingerprint density at radius 2 is 0.875 bits per heavy atom. The molecule has 14 heteroatoms. The Hall–Kier alpha value is -0.600. The molecular formula is C2F6O6S2. The molecule has 0 atom stereocenters. The normalized spacial score (nSPS) is 15.1. The second-order valence-electron chi connectivity index (χ2n) is 2.07. The summed E-state index contributed by atoms with van der Waals surface area (Å²) in [5.74, 6) is 0. The van der Waals surface area contributed by atoms with Crippen molar-refractivity contribution in [3.05, 3.63) is 0 Å². The second kappa shape index (κ2) is 4.01. The zero-order valence-corrected chi connectivity index (χ0v) is 8.17. The van der Waals surface area contributed by atoms with Gasteiger partial charge in [0.25, 0.3) is 0 Å². The van der Waals surface area contributed by atoms with Crippen molar-refractivity contribution in [2.75, 3.05) is 0 Å². The Kier molecular flexibility index (Phi) is 3.86. The summed E-state index contributed by atoms with van der Waals surface area (Å²) in [5.41, 5.74) is 0. The SMILES string of the molecule is O=S(=O)(OF)C(F)(F)C(F)(F)S(=O)(=O)OF. The van der Waals surface area contributed by atoms with Crippen LogP contribution in [0.4, 0.5) is 26.6 Å². The molecule has 0 aliphatic heterocycles. The van der Waals surface area contributed by atoms with Gasteiger partial charge in [0.2, 0.25) is 0 Å². The summed E-state index contributed by atoms with van der Waals surface area (Å²) in [4.78, 5) is 0. The average molecular weight is 298 g/mol. The Bertz CT molecular complexity index is 405. The van der Waals surface area contributed by atoms with Crippen molar-refractivity contribution in [2.45, 2.75) is 10.5 Å². The molecule has 0 amide bonds. The average Bonchev–Trinajstić information content (AvgIpc) is 2.16. The number of halogens is 6. The van der Waals surface area contributed by atoms with E-state index in [1.807, 2.05) is 0 Å². The van der Waals surface area contributed by atoms with E-state index in [0.717, 1.165) is 0 Å². The minimum absolute atomic E-state index is 1.53. The van der Waals surface area contributed by atoms with Gasteiger partial charge in [0.1, 0.15) is 0 Å². The van der Waals surface area contributed by atoms with Crippen LogP contribution in [0.15, 0.2) is 0 Å². The quantitative estimate of drug-likeness (QED) is 0.692. The van der Waals surface area contributed by atoms with E-state index in [9.17, 15) is 43.4 Å². The molecule has 0 radical (unpaired) electrons. The van der Waals surface area contributed by atoms with Crippen LogP contribution in [0.1, 0.15) is 0 Å². The van der Waals surface area contributed by atoms with Crippen LogP contribution in [-0.4, -0.2) is 27.3 Å². The van der Waals surface area contributed by atoms with Gasteiger partial charge in [-0.1, -0.05) is 8.78 Å². The minimum Gasteiger partial charge on any atom is -0.190 e. The van der Waals surface area contributed by atoms with E-state index in [1.165, 1.54) is 8.78 Å². The molecule has 0 aromatic carbocycles. The lowest BCUT2D eigenvalue weighted by Gasteiger charge is -2.20. The van der Waals surface area contributed by atoms with Crippen LogP contribution in [0.5, 0.6) is 0 Å². The maximum Gasteiger partial charge on any atom is 0.452 e. The van der Waals surface area contributed by atoms with E-state index in [2.05, 4.69) is 0 Å². The first-order valence-electron chi connectivity index (χ1n) is 2.72. The van der Waals surface area contributed by atoms with Crippen molar-refractivity contribution in [2.24, 2.45) is 0 Å². The third kappa shape index (κ3) is 1.96. The van der Waals surface area contributed by atoms with Gasteiger partial charge in [0, 0.05) is 0 Å². The molecule has 0 unspecified atom stereocenters. The zero-order valence-electron chi connectivity index (χ0n) is 6.53. The topological polar surface area (TPSA) is 86.7 Å². The lowest BCUT2D eigenvalue weighted by molar-refractivity contribution is -0.132. The van der Waals surface area contributed by atoms with Gasteiger partial charge in [-0.05, 0) is 9.05 Å². The first-order chi connectivity index (χ1) is 6.87.